The van der Waals surface area contributed by atoms with Crippen molar-refractivity contribution in [1.29, 1.82) is 0 Å². The summed E-state index contributed by atoms with van der Waals surface area (Å²) in [5.74, 6) is -0.448. The van der Waals surface area contributed by atoms with Gasteiger partial charge in [0.2, 0.25) is 0 Å². The van der Waals surface area contributed by atoms with Gasteiger partial charge in [0.15, 0.2) is 0 Å². The number of benzene rings is 1. The molecule has 0 heterocycles. The minimum atomic E-state index is -0.251. The van der Waals surface area contributed by atoms with Crippen LogP contribution in [0.1, 0.15) is 49.8 Å². The largest absolute Gasteiger partial charge is 0.465 e. The lowest BCUT2D eigenvalue weighted by molar-refractivity contribution is -0.150. The SMILES string of the molecule is CCCC(=O)OC(C)CCOC(=O)Cc1ccc(C)cc1C. The Morgan fingerprint density at radius 1 is 1.18 bits per heavy atom. The Morgan fingerprint density at radius 3 is 2.55 bits per heavy atom. The van der Waals surface area contributed by atoms with Gasteiger partial charge in [-0.25, -0.2) is 0 Å². The summed E-state index contributed by atoms with van der Waals surface area (Å²) in [4.78, 5) is 23.2. The van der Waals surface area contributed by atoms with Crippen LogP contribution >= 0.6 is 0 Å². The Bertz CT molecular complexity index is 508. The van der Waals surface area contributed by atoms with Gasteiger partial charge in [-0.1, -0.05) is 30.7 Å². The summed E-state index contributed by atoms with van der Waals surface area (Å²) in [7, 11) is 0. The number of hydrogen-bond donors (Lipinski definition) is 0. The normalized spacial score (nSPS) is 11.8. The lowest BCUT2D eigenvalue weighted by Gasteiger charge is -2.13. The maximum absolute atomic E-state index is 11.8. The molecular formula is C18H26O4. The first-order valence-electron chi connectivity index (χ1n) is 7.83. The molecule has 0 aliphatic rings. The first-order valence-corrected chi connectivity index (χ1v) is 7.83. The number of hydrogen-bond acceptors (Lipinski definition) is 4. The molecule has 0 spiro atoms. The van der Waals surface area contributed by atoms with Gasteiger partial charge in [-0.2, -0.15) is 0 Å². The Balaban J connectivity index is 2.30. The van der Waals surface area contributed by atoms with Gasteiger partial charge in [0, 0.05) is 12.8 Å². The van der Waals surface area contributed by atoms with Gasteiger partial charge in [-0.3, -0.25) is 9.59 Å². The molecule has 0 aliphatic heterocycles. The van der Waals surface area contributed by atoms with Crippen LogP contribution in [0.25, 0.3) is 0 Å². The molecule has 0 fully saturated rings. The second-order valence-corrected chi connectivity index (χ2v) is 5.67. The second kappa shape index (κ2) is 9.23. The summed E-state index contributed by atoms with van der Waals surface area (Å²) in [6, 6.07) is 6.00. The maximum Gasteiger partial charge on any atom is 0.310 e. The van der Waals surface area contributed by atoms with Gasteiger partial charge in [-0.05, 0) is 38.3 Å². The Morgan fingerprint density at radius 2 is 1.91 bits per heavy atom. The highest BCUT2D eigenvalue weighted by molar-refractivity contribution is 5.73. The van der Waals surface area contributed by atoms with Gasteiger partial charge in [0.05, 0.1) is 13.0 Å². The van der Waals surface area contributed by atoms with Crippen molar-refractivity contribution in [2.24, 2.45) is 0 Å². The first-order chi connectivity index (χ1) is 10.4. The van der Waals surface area contributed by atoms with Crippen molar-refractivity contribution in [3.8, 4) is 0 Å². The smallest absolute Gasteiger partial charge is 0.310 e. The fraction of sp³-hybridized carbons (Fsp3) is 0.556. The number of esters is 2. The third-order valence-corrected chi connectivity index (χ3v) is 3.41. The molecule has 0 aliphatic carbocycles. The van der Waals surface area contributed by atoms with E-state index in [2.05, 4.69) is 6.07 Å². The maximum atomic E-state index is 11.8. The molecule has 0 aromatic heterocycles. The molecule has 0 amide bonds. The van der Waals surface area contributed by atoms with Crippen LogP contribution in [0.5, 0.6) is 0 Å². The highest BCUT2D eigenvalue weighted by Gasteiger charge is 2.11. The number of rotatable bonds is 8. The van der Waals surface area contributed by atoms with E-state index in [9.17, 15) is 9.59 Å². The molecule has 4 nitrogen and oxygen atoms in total. The van der Waals surface area contributed by atoms with E-state index in [1.165, 1.54) is 5.56 Å². The molecule has 0 bridgehead atoms. The average molecular weight is 306 g/mol. The predicted molar refractivity (Wildman–Crippen MR) is 85.7 cm³/mol. The highest BCUT2D eigenvalue weighted by Crippen LogP contribution is 2.12. The third kappa shape index (κ3) is 6.74. The molecule has 122 valence electrons. The first kappa shape index (κ1) is 18.2. The van der Waals surface area contributed by atoms with Crippen LogP contribution < -0.4 is 0 Å². The number of aryl methyl sites for hydroxylation is 2. The molecule has 1 aromatic carbocycles. The van der Waals surface area contributed by atoms with Crippen LogP contribution in [-0.4, -0.2) is 24.6 Å². The highest BCUT2D eigenvalue weighted by atomic mass is 16.6. The summed E-state index contributed by atoms with van der Waals surface area (Å²) in [5, 5.41) is 0. The molecule has 1 rings (SSSR count). The summed E-state index contributed by atoms with van der Waals surface area (Å²) >= 11 is 0. The van der Waals surface area contributed by atoms with Crippen LogP contribution in [0, 0.1) is 13.8 Å². The van der Waals surface area contributed by atoms with Crippen LogP contribution in [0.15, 0.2) is 18.2 Å². The Kier molecular flexibility index (Phi) is 7.64. The van der Waals surface area contributed by atoms with Crippen LogP contribution in [0.2, 0.25) is 0 Å². The van der Waals surface area contributed by atoms with Gasteiger partial charge >= 0.3 is 11.9 Å². The summed E-state index contributed by atoms with van der Waals surface area (Å²) in [6.45, 7) is 8.03. The fourth-order valence-corrected chi connectivity index (χ4v) is 2.14. The summed E-state index contributed by atoms with van der Waals surface area (Å²) in [5.41, 5.74) is 3.26. The van der Waals surface area contributed by atoms with Crippen molar-refractivity contribution in [2.45, 2.75) is 59.5 Å². The van der Waals surface area contributed by atoms with Crippen molar-refractivity contribution in [1.82, 2.24) is 0 Å². The molecule has 0 radical (unpaired) electrons. The zero-order chi connectivity index (χ0) is 16.5. The summed E-state index contributed by atoms with van der Waals surface area (Å²) < 4.78 is 10.4. The zero-order valence-electron chi connectivity index (χ0n) is 14.0. The van der Waals surface area contributed by atoms with Crippen molar-refractivity contribution in [3.63, 3.8) is 0 Å². The van der Waals surface area contributed by atoms with E-state index in [0.29, 0.717) is 12.8 Å². The fourth-order valence-electron chi connectivity index (χ4n) is 2.14. The lowest BCUT2D eigenvalue weighted by atomic mass is 10.0. The molecule has 1 aromatic rings. The topological polar surface area (TPSA) is 52.6 Å². The Labute approximate surface area is 132 Å². The molecule has 0 saturated carbocycles. The lowest BCUT2D eigenvalue weighted by Crippen LogP contribution is -2.18. The molecule has 0 saturated heterocycles. The van der Waals surface area contributed by atoms with Gasteiger partial charge in [-0.15, -0.1) is 0 Å². The minimum absolute atomic E-state index is 0.198. The van der Waals surface area contributed by atoms with E-state index in [1.807, 2.05) is 39.8 Å². The Hall–Kier alpha value is -1.84. The van der Waals surface area contributed by atoms with E-state index in [-0.39, 0.29) is 31.1 Å². The van der Waals surface area contributed by atoms with E-state index >= 15 is 0 Å². The number of carbonyl (C=O) groups is 2. The van der Waals surface area contributed by atoms with Crippen molar-refractivity contribution >= 4 is 11.9 Å². The summed E-state index contributed by atoms with van der Waals surface area (Å²) in [6.07, 6.45) is 1.77. The zero-order valence-corrected chi connectivity index (χ0v) is 14.0. The van der Waals surface area contributed by atoms with E-state index < -0.39 is 0 Å². The van der Waals surface area contributed by atoms with Gasteiger partial charge < -0.3 is 9.47 Å². The molecule has 0 N–H and O–H groups in total. The third-order valence-electron chi connectivity index (χ3n) is 3.41. The van der Waals surface area contributed by atoms with Crippen LogP contribution in [0.3, 0.4) is 0 Å². The quantitative estimate of drug-likeness (QED) is 0.690. The van der Waals surface area contributed by atoms with E-state index in [0.717, 1.165) is 17.5 Å². The molecule has 1 unspecified atom stereocenters. The van der Waals surface area contributed by atoms with Crippen LogP contribution in [-0.2, 0) is 25.5 Å². The standard InChI is InChI=1S/C18H26O4/c1-5-6-17(19)22-15(4)9-10-21-18(20)12-16-8-7-13(2)11-14(16)3/h7-8,11,15H,5-6,9-10,12H2,1-4H3. The van der Waals surface area contributed by atoms with Gasteiger partial charge in [0.1, 0.15) is 6.10 Å². The van der Waals surface area contributed by atoms with Crippen molar-refractivity contribution in [3.05, 3.63) is 34.9 Å². The van der Waals surface area contributed by atoms with Gasteiger partial charge in [0.25, 0.3) is 0 Å². The van der Waals surface area contributed by atoms with E-state index in [4.69, 9.17) is 9.47 Å². The minimum Gasteiger partial charge on any atom is -0.465 e. The number of carbonyl (C=O) groups excluding carboxylic acids is 2. The van der Waals surface area contributed by atoms with E-state index in [1.54, 1.807) is 0 Å². The molecule has 22 heavy (non-hydrogen) atoms. The number of ether oxygens (including phenoxy) is 2. The molecule has 1 atom stereocenters. The monoisotopic (exact) mass is 306 g/mol. The average Bonchev–Trinajstić information content (AvgIpc) is 2.42. The predicted octanol–water partition coefficient (Wildman–Crippen LogP) is 3.51. The van der Waals surface area contributed by atoms with Crippen molar-refractivity contribution in [2.75, 3.05) is 6.61 Å². The molecule has 4 heteroatoms. The molecular weight excluding hydrogens is 280 g/mol. The van der Waals surface area contributed by atoms with Crippen molar-refractivity contribution < 1.29 is 19.1 Å². The second-order valence-electron chi connectivity index (χ2n) is 5.67. The van der Waals surface area contributed by atoms with Crippen LogP contribution in [0.4, 0.5) is 0 Å².